The third-order valence-electron chi connectivity index (χ3n) is 3.30. The number of halogens is 1. The lowest BCUT2D eigenvalue weighted by atomic mass is 10.2. The number of nitrogens with zero attached hydrogens (tertiary/aromatic N) is 2. The first kappa shape index (κ1) is 19.7. The second-order valence-corrected chi connectivity index (χ2v) is 4.71. The van der Waals surface area contributed by atoms with Gasteiger partial charge in [0.25, 0.3) is 0 Å². The Labute approximate surface area is 140 Å². The molecule has 0 amide bonds. The normalized spacial score (nSPS) is 19.5. The maximum Gasteiger partial charge on any atom is 0.191 e. The molecule has 1 heterocycles. The van der Waals surface area contributed by atoms with Gasteiger partial charge in [-0.3, -0.25) is 9.89 Å². The standard InChI is InChI=1S/C14H28N4O.HI/c1-4-8-16-14(15-5-2)17-12-13-7-6-9-18(13)10-11-19-3;/h4,13H,1,5-12H2,2-3H3,(H2,15,16,17);1H. The molecule has 0 aromatic carbocycles. The molecule has 0 aliphatic carbocycles. The lowest BCUT2D eigenvalue weighted by molar-refractivity contribution is 0.143. The zero-order chi connectivity index (χ0) is 13.9. The van der Waals surface area contributed by atoms with Crippen LogP contribution < -0.4 is 10.6 Å². The van der Waals surface area contributed by atoms with Crippen LogP contribution in [0.5, 0.6) is 0 Å². The summed E-state index contributed by atoms with van der Waals surface area (Å²) < 4.78 is 5.16. The van der Waals surface area contributed by atoms with Gasteiger partial charge in [-0.25, -0.2) is 0 Å². The van der Waals surface area contributed by atoms with E-state index in [-0.39, 0.29) is 24.0 Å². The van der Waals surface area contributed by atoms with Gasteiger partial charge >= 0.3 is 0 Å². The van der Waals surface area contributed by atoms with Crippen LogP contribution in [0.4, 0.5) is 0 Å². The summed E-state index contributed by atoms with van der Waals surface area (Å²) in [5.41, 5.74) is 0. The molecular weight excluding hydrogens is 367 g/mol. The van der Waals surface area contributed by atoms with Crippen LogP contribution in [0.3, 0.4) is 0 Å². The Morgan fingerprint density at radius 2 is 2.30 bits per heavy atom. The van der Waals surface area contributed by atoms with Gasteiger partial charge in [-0.2, -0.15) is 0 Å². The first-order chi connectivity index (χ1) is 9.31. The summed E-state index contributed by atoms with van der Waals surface area (Å²) in [6.07, 6.45) is 4.34. The van der Waals surface area contributed by atoms with Crippen molar-refractivity contribution >= 4 is 29.9 Å². The van der Waals surface area contributed by atoms with Gasteiger partial charge in [-0.1, -0.05) is 6.08 Å². The van der Waals surface area contributed by atoms with Crippen molar-refractivity contribution in [1.82, 2.24) is 15.5 Å². The second kappa shape index (κ2) is 12.4. The number of rotatable bonds is 8. The molecule has 2 N–H and O–H groups in total. The van der Waals surface area contributed by atoms with Gasteiger partial charge in [0.05, 0.1) is 13.2 Å². The summed E-state index contributed by atoms with van der Waals surface area (Å²) in [5, 5.41) is 6.48. The van der Waals surface area contributed by atoms with Gasteiger partial charge in [-0.15, -0.1) is 30.6 Å². The summed E-state index contributed by atoms with van der Waals surface area (Å²) in [6.45, 7) is 11.2. The molecule has 1 rings (SSSR count). The molecule has 1 aliphatic rings. The van der Waals surface area contributed by atoms with Gasteiger partial charge in [0.2, 0.25) is 0 Å². The number of methoxy groups -OCH3 is 1. The summed E-state index contributed by atoms with van der Waals surface area (Å²) in [5.74, 6) is 0.876. The van der Waals surface area contributed by atoms with E-state index in [0.717, 1.165) is 38.7 Å². The topological polar surface area (TPSA) is 48.9 Å². The molecule has 5 nitrogen and oxygen atoms in total. The molecule has 1 unspecified atom stereocenters. The smallest absolute Gasteiger partial charge is 0.191 e. The molecule has 0 spiro atoms. The Bertz CT molecular complexity index is 286. The van der Waals surface area contributed by atoms with Crippen LogP contribution in [0.15, 0.2) is 17.6 Å². The maximum absolute atomic E-state index is 5.16. The van der Waals surface area contributed by atoms with Crippen LogP contribution in [0.25, 0.3) is 0 Å². The quantitative estimate of drug-likeness (QED) is 0.282. The highest BCUT2D eigenvalue weighted by Gasteiger charge is 2.23. The third kappa shape index (κ3) is 7.44. The predicted octanol–water partition coefficient (Wildman–Crippen LogP) is 1.46. The third-order valence-corrected chi connectivity index (χ3v) is 3.30. The number of likely N-dealkylation sites (tertiary alicyclic amines) is 1. The van der Waals surface area contributed by atoms with Gasteiger partial charge < -0.3 is 15.4 Å². The number of guanidine groups is 1. The minimum Gasteiger partial charge on any atom is -0.383 e. The second-order valence-electron chi connectivity index (χ2n) is 4.71. The number of aliphatic imine (C=N–C) groups is 1. The number of hydrogen-bond acceptors (Lipinski definition) is 3. The monoisotopic (exact) mass is 396 g/mol. The predicted molar refractivity (Wildman–Crippen MR) is 96.1 cm³/mol. The van der Waals surface area contributed by atoms with Crippen LogP contribution in [0.1, 0.15) is 19.8 Å². The molecule has 1 aliphatic heterocycles. The van der Waals surface area contributed by atoms with Crippen molar-refractivity contribution in [1.29, 1.82) is 0 Å². The first-order valence-electron chi connectivity index (χ1n) is 7.17. The highest BCUT2D eigenvalue weighted by Crippen LogP contribution is 2.16. The minimum atomic E-state index is 0. The molecule has 0 bridgehead atoms. The Balaban J connectivity index is 0.00000361. The number of nitrogens with one attached hydrogen (secondary N) is 2. The first-order valence-corrected chi connectivity index (χ1v) is 7.17. The van der Waals surface area contributed by atoms with Gasteiger partial charge in [-0.05, 0) is 26.3 Å². The van der Waals surface area contributed by atoms with Crippen molar-refractivity contribution in [3.05, 3.63) is 12.7 Å². The van der Waals surface area contributed by atoms with Crippen LogP contribution in [-0.4, -0.2) is 63.3 Å². The van der Waals surface area contributed by atoms with E-state index in [0.29, 0.717) is 6.04 Å². The van der Waals surface area contributed by atoms with E-state index in [2.05, 4.69) is 34.0 Å². The molecule has 0 aromatic heterocycles. The van der Waals surface area contributed by atoms with Crippen molar-refractivity contribution in [3.8, 4) is 0 Å². The largest absolute Gasteiger partial charge is 0.383 e. The molecule has 1 saturated heterocycles. The van der Waals surface area contributed by atoms with E-state index in [9.17, 15) is 0 Å². The zero-order valence-electron chi connectivity index (χ0n) is 12.7. The van der Waals surface area contributed by atoms with Crippen molar-refractivity contribution in [3.63, 3.8) is 0 Å². The molecule has 0 aromatic rings. The molecule has 20 heavy (non-hydrogen) atoms. The number of hydrogen-bond donors (Lipinski definition) is 2. The van der Waals surface area contributed by atoms with E-state index in [4.69, 9.17) is 4.74 Å². The van der Waals surface area contributed by atoms with Gasteiger partial charge in [0, 0.05) is 32.8 Å². The average molecular weight is 396 g/mol. The van der Waals surface area contributed by atoms with Crippen LogP contribution >= 0.6 is 24.0 Å². The molecule has 0 radical (unpaired) electrons. The van der Waals surface area contributed by atoms with Crippen LogP contribution in [0.2, 0.25) is 0 Å². The van der Waals surface area contributed by atoms with E-state index in [1.54, 1.807) is 7.11 Å². The van der Waals surface area contributed by atoms with E-state index in [1.807, 2.05) is 6.08 Å². The van der Waals surface area contributed by atoms with Crippen molar-refractivity contribution in [2.24, 2.45) is 4.99 Å². The fourth-order valence-electron chi connectivity index (χ4n) is 2.31. The van der Waals surface area contributed by atoms with Crippen LogP contribution in [0, 0.1) is 0 Å². The zero-order valence-corrected chi connectivity index (χ0v) is 15.1. The lowest BCUT2D eigenvalue weighted by Crippen LogP contribution is -2.39. The Hall–Kier alpha value is -0.340. The van der Waals surface area contributed by atoms with Crippen molar-refractivity contribution in [2.75, 3.05) is 46.4 Å². The average Bonchev–Trinajstić information content (AvgIpc) is 2.87. The summed E-state index contributed by atoms with van der Waals surface area (Å²) in [7, 11) is 1.76. The fourth-order valence-corrected chi connectivity index (χ4v) is 2.31. The summed E-state index contributed by atoms with van der Waals surface area (Å²) in [6, 6.07) is 0.550. The number of ether oxygens (including phenoxy) is 1. The summed E-state index contributed by atoms with van der Waals surface area (Å²) in [4.78, 5) is 7.13. The van der Waals surface area contributed by atoms with Gasteiger partial charge in [0.1, 0.15) is 0 Å². The van der Waals surface area contributed by atoms with E-state index < -0.39 is 0 Å². The van der Waals surface area contributed by atoms with Crippen molar-refractivity contribution < 1.29 is 4.74 Å². The van der Waals surface area contributed by atoms with Crippen LogP contribution in [-0.2, 0) is 4.74 Å². The highest BCUT2D eigenvalue weighted by atomic mass is 127. The molecule has 6 heteroatoms. The van der Waals surface area contributed by atoms with Crippen molar-refractivity contribution in [2.45, 2.75) is 25.8 Å². The molecule has 118 valence electrons. The molecule has 0 saturated carbocycles. The maximum atomic E-state index is 5.16. The Morgan fingerprint density at radius 3 is 2.95 bits per heavy atom. The molecular formula is C14H29IN4O. The van der Waals surface area contributed by atoms with Gasteiger partial charge in [0.15, 0.2) is 5.96 Å². The lowest BCUT2D eigenvalue weighted by Gasteiger charge is -2.23. The Kier molecular flexibility index (Phi) is 12.2. The highest BCUT2D eigenvalue weighted by molar-refractivity contribution is 14.0. The fraction of sp³-hybridized carbons (Fsp3) is 0.786. The minimum absolute atomic E-state index is 0. The molecule has 1 fully saturated rings. The van der Waals surface area contributed by atoms with E-state index in [1.165, 1.54) is 19.4 Å². The summed E-state index contributed by atoms with van der Waals surface area (Å²) >= 11 is 0. The Morgan fingerprint density at radius 1 is 1.50 bits per heavy atom. The molecule has 1 atom stereocenters. The van der Waals surface area contributed by atoms with E-state index >= 15 is 0 Å². The SMILES string of the molecule is C=CCNC(=NCC1CCCN1CCOC)NCC.I.